The van der Waals surface area contributed by atoms with Crippen molar-refractivity contribution in [2.45, 2.75) is 6.42 Å². The van der Waals surface area contributed by atoms with E-state index < -0.39 is 16.4 Å². The van der Waals surface area contributed by atoms with Crippen LogP contribution in [-0.2, 0) is 15.2 Å². The lowest BCUT2D eigenvalue weighted by atomic mass is 10.3. The first kappa shape index (κ1) is 14.3. The molecular weight excluding hydrogens is 227 g/mol. The van der Waals surface area contributed by atoms with Crippen molar-refractivity contribution in [1.82, 2.24) is 4.72 Å². The van der Waals surface area contributed by atoms with Gasteiger partial charge in [0.2, 0.25) is 0 Å². The van der Waals surface area contributed by atoms with Gasteiger partial charge in [-0.25, -0.2) is 4.79 Å². The average molecular weight is 243 g/mol. The van der Waals surface area contributed by atoms with Crippen molar-refractivity contribution in [2.75, 3.05) is 33.7 Å². The summed E-state index contributed by atoms with van der Waals surface area (Å²) in [7, 11) is -1.23. The fourth-order valence-corrected chi connectivity index (χ4v) is 1.53. The van der Waals surface area contributed by atoms with Crippen molar-refractivity contribution in [1.29, 1.82) is 0 Å². The molecule has 90 valence electrons. The molecule has 0 aromatic carbocycles. The SMILES string of the molecule is C[N+](C)(CCCNS(=O)(=O)F)CC(=O)O. The zero-order valence-electron chi connectivity index (χ0n) is 8.73. The summed E-state index contributed by atoms with van der Waals surface area (Å²) in [5.41, 5.74) is 0. The molecule has 0 rings (SSSR count). The van der Waals surface area contributed by atoms with Gasteiger partial charge in [-0.3, -0.25) is 0 Å². The van der Waals surface area contributed by atoms with Crippen LogP contribution in [0.2, 0.25) is 0 Å². The second-order valence-electron chi connectivity index (χ2n) is 3.90. The summed E-state index contributed by atoms with van der Waals surface area (Å²) in [5.74, 6) is -0.925. The number of likely N-dealkylation sites (N-methyl/N-ethyl adjacent to an activating group) is 1. The molecule has 0 aliphatic rings. The molecule has 0 unspecified atom stereocenters. The molecule has 0 heterocycles. The maximum atomic E-state index is 12.0. The topological polar surface area (TPSA) is 83.5 Å². The van der Waals surface area contributed by atoms with Gasteiger partial charge in [-0.15, -0.1) is 0 Å². The Kier molecular flexibility index (Phi) is 5.12. The number of halogens is 1. The predicted molar refractivity (Wildman–Crippen MR) is 52.1 cm³/mol. The highest BCUT2D eigenvalue weighted by atomic mass is 32.3. The lowest BCUT2D eigenvalue weighted by molar-refractivity contribution is -0.883. The Labute approximate surface area is 88.6 Å². The summed E-state index contributed by atoms with van der Waals surface area (Å²) >= 11 is 0. The van der Waals surface area contributed by atoms with Crippen LogP contribution in [0.15, 0.2) is 0 Å². The summed E-state index contributed by atoms with van der Waals surface area (Å²) < 4.78 is 34.0. The number of carboxylic acid groups (broad SMARTS) is 1. The van der Waals surface area contributed by atoms with Gasteiger partial charge in [0, 0.05) is 13.0 Å². The Balaban J connectivity index is 3.80. The lowest BCUT2D eigenvalue weighted by Gasteiger charge is -2.27. The van der Waals surface area contributed by atoms with Crippen LogP contribution in [0.25, 0.3) is 0 Å². The van der Waals surface area contributed by atoms with Gasteiger partial charge in [-0.05, 0) is 0 Å². The minimum atomic E-state index is -4.64. The van der Waals surface area contributed by atoms with Gasteiger partial charge in [-0.2, -0.15) is 13.1 Å². The molecule has 0 saturated carbocycles. The third kappa shape index (κ3) is 9.57. The molecule has 0 aromatic rings. The average Bonchev–Trinajstić information content (AvgIpc) is 1.93. The van der Waals surface area contributed by atoms with E-state index in [0.717, 1.165) is 0 Å². The second-order valence-corrected chi connectivity index (χ2v) is 5.06. The molecule has 0 saturated heterocycles. The molecule has 15 heavy (non-hydrogen) atoms. The maximum absolute atomic E-state index is 12.0. The van der Waals surface area contributed by atoms with Crippen LogP contribution in [0.3, 0.4) is 0 Å². The van der Waals surface area contributed by atoms with Crippen LogP contribution in [-0.4, -0.2) is 57.7 Å². The van der Waals surface area contributed by atoms with Crippen LogP contribution in [0.5, 0.6) is 0 Å². The molecule has 0 radical (unpaired) electrons. The zero-order valence-corrected chi connectivity index (χ0v) is 9.55. The monoisotopic (exact) mass is 243 g/mol. The van der Waals surface area contributed by atoms with E-state index in [-0.39, 0.29) is 17.6 Å². The summed E-state index contributed by atoms with van der Waals surface area (Å²) in [6.07, 6.45) is 0.378. The number of rotatable bonds is 7. The highest BCUT2D eigenvalue weighted by molar-refractivity contribution is 7.84. The maximum Gasteiger partial charge on any atom is 0.372 e. The smallest absolute Gasteiger partial charge is 0.372 e. The first-order valence-electron chi connectivity index (χ1n) is 4.35. The van der Waals surface area contributed by atoms with E-state index in [0.29, 0.717) is 13.0 Å². The second kappa shape index (κ2) is 5.38. The van der Waals surface area contributed by atoms with Crippen molar-refractivity contribution in [3.05, 3.63) is 0 Å². The number of quaternary nitrogens is 1. The fraction of sp³-hybridized carbons (Fsp3) is 0.857. The third-order valence-corrected chi connectivity index (χ3v) is 2.33. The van der Waals surface area contributed by atoms with E-state index in [1.165, 1.54) is 0 Å². The molecule has 8 heteroatoms. The molecule has 0 atom stereocenters. The van der Waals surface area contributed by atoms with Gasteiger partial charge in [0.05, 0.1) is 20.6 Å². The predicted octanol–water partition coefficient (Wildman–Crippen LogP) is -0.659. The molecule has 0 fully saturated rings. The molecule has 6 nitrogen and oxygen atoms in total. The first-order valence-corrected chi connectivity index (χ1v) is 5.74. The third-order valence-electron chi connectivity index (χ3n) is 1.78. The standard InChI is InChI=1S/C7H15FN2O4S/c1-10(2,6-7(11)12)5-3-4-9-15(8,13)14/h9H,3-6H2,1-2H3/p+1. The van der Waals surface area contributed by atoms with Crippen molar-refractivity contribution in [3.8, 4) is 0 Å². The molecule has 0 amide bonds. The summed E-state index contributed by atoms with van der Waals surface area (Å²) in [6, 6.07) is 0. The van der Waals surface area contributed by atoms with Crippen molar-refractivity contribution >= 4 is 16.4 Å². The molecular formula is C7H16FN2O4S+. The van der Waals surface area contributed by atoms with Gasteiger partial charge >= 0.3 is 16.4 Å². The van der Waals surface area contributed by atoms with Crippen molar-refractivity contribution in [2.24, 2.45) is 0 Å². The van der Waals surface area contributed by atoms with E-state index in [1.807, 2.05) is 0 Å². The number of nitrogens with one attached hydrogen (secondary N) is 1. The minimum absolute atomic E-state index is 0.0276. The van der Waals surface area contributed by atoms with Gasteiger partial charge in [0.15, 0.2) is 6.54 Å². The summed E-state index contributed by atoms with van der Waals surface area (Å²) in [5, 5.41) is 8.55. The number of carboxylic acids is 1. The molecule has 0 aliphatic heterocycles. The Bertz CT molecular complexity index is 315. The number of hydrogen-bond acceptors (Lipinski definition) is 3. The van der Waals surface area contributed by atoms with E-state index in [4.69, 9.17) is 5.11 Å². The van der Waals surface area contributed by atoms with Crippen molar-refractivity contribution < 1.29 is 26.7 Å². The van der Waals surface area contributed by atoms with Crippen LogP contribution in [0.1, 0.15) is 6.42 Å². The quantitative estimate of drug-likeness (QED) is 0.353. The zero-order chi connectivity index (χ0) is 12.1. The Morgan fingerprint density at radius 2 is 2.00 bits per heavy atom. The number of carbonyl (C=O) groups is 1. The van der Waals surface area contributed by atoms with Gasteiger partial charge in [-0.1, -0.05) is 3.89 Å². The molecule has 0 spiro atoms. The van der Waals surface area contributed by atoms with Crippen LogP contribution in [0.4, 0.5) is 3.89 Å². The molecule has 0 bridgehead atoms. The highest BCUT2D eigenvalue weighted by Crippen LogP contribution is 1.98. The Hall–Kier alpha value is -0.730. The number of aliphatic carboxylic acids is 1. The van der Waals surface area contributed by atoms with Crippen molar-refractivity contribution in [3.63, 3.8) is 0 Å². The van der Waals surface area contributed by atoms with Crippen LogP contribution >= 0.6 is 0 Å². The molecule has 2 N–H and O–H groups in total. The first-order chi connectivity index (χ1) is 6.62. The largest absolute Gasteiger partial charge is 0.477 e. The van der Waals surface area contributed by atoms with Gasteiger partial charge in [0.1, 0.15) is 0 Å². The van der Waals surface area contributed by atoms with E-state index in [2.05, 4.69) is 0 Å². The Morgan fingerprint density at radius 3 is 2.40 bits per heavy atom. The van der Waals surface area contributed by atoms with E-state index in [9.17, 15) is 17.1 Å². The van der Waals surface area contributed by atoms with Gasteiger partial charge < -0.3 is 9.59 Å². The Morgan fingerprint density at radius 1 is 1.47 bits per heavy atom. The van der Waals surface area contributed by atoms with Crippen LogP contribution < -0.4 is 4.72 Å². The molecule has 0 aromatic heterocycles. The number of hydrogen-bond donors (Lipinski definition) is 2. The number of nitrogens with zero attached hydrogens (tertiary/aromatic N) is 1. The van der Waals surface area contributed by atoms with E-state index in [1.54, 1.807) is 18.8 Å². The minimum Gasteiger partial charge on any atom is -0.477 e. The fourth-order valence-electron chi connectivity index (χ4n) is 1.15. The lowest BCUT2D eigenvalue weighted by Crippen LogP contribution is -2.45. The normalized spacial score (nSPS) is 12.7. The highest BCUT2D eigenvalue weighted by Gasteiger charge is 2.19. The van der Waals surface area contributed by atoms with Crippen LogP contribution in [0, 0.1) is 0 Å². The summed E-state index contributed by atoms with van der Waals surface area (Å²) in [6.45, 7) is 0.372. The summed E-state index contributed by atoms with van der Waals surface area (Å²) in [4.78, 5) is 10.4. The van der Waals surface area contributed by atoms with Gasteiger partial charge in [0.25, 0.3) is 0 Å². The van der Waals surface area contributed by atoms with E-state index >= 15 is 0 Å². The molecule has 0 aliphatic carbocycles.